The molecule has 20 heavy (non-hydrogen) atoms. The molecule has 0 spiro atoms. The molecule has 0 atom stereocenters. The van der Waals surface area contributed by atoms with E-state index in [1.807, 2.05) is 6.92 Å². The van der Waals surface area contributed by atoms with Crippen molar-refractivity contribution in [3.63, 3.8) is 0 Å². The van der Waals surface area contributed by atoms with Gasteiger partial charge in [0.25, 0.3) is 0 Å². The van der Waals surface area contributed by atoms with E-state index in [1.54, 1.807) is 19.9 Å². The number of rotatable bonds is 7. The first-order valence-corrected chi connectivity index (χ1v) is 7.77. The molecule has 0 amide bonds. The normalized spacial score (nSPS) is 11.2. The summed E-state index contributed by atoms with van der Waals surface area (Å²) in [5, 5.41) is 0. The Hall–Kier alpha value is -1.60. The van der Waals surface area contributed by atoms with Crippen LogP contribution in [0.3, 0.4) is 0 Å². The summed E-state index contributed by atoms with van der Waals surface area (Å²) in [6.07, 6.45) is 0. The Morgan fingerprint density at radius 2 is 1.95 bits per heavy atom. The van der Waals surface area contributed by atoms with E-state index in [1.165, 1.54) is 12.1 Å². The van der Waals surface area contributed by atoms with Crippen LogP contribution < -0.4 is 9.46 Å². The molecule has 1 aromatic rings. The van der Waals surface area contributed by atoms with Crippen LogP contribution in [0.25, 0.3) is 0 Å². The van der Waals surface area contributed by atoms with Crippen LogP contribution in [-0.2, 0) is 19.6 Å². The van der Waals surface area contributed by atoms with E-state index in [9.17, 15) is 13.2 Å². The van der Waals surface area contributed by atoms with Crippen LogP contribution in [0, 0.1) is 6.92 Å². The van der Waals surface area contributed by atoms with Gasteiger partial charge >= 0.3 is 5.97 Å². The van der Waals surface area contributed by atoms with Crippen molar-refractivity contribution >= 4 is 16.0 Å². The molecule has 0 saturated heterocycles. The second kappa shape index (κ2) is 7.25. The lowest BCUT2D eigenvalue weighted by atomic mass is 10.2. The smallest absolute Gasteiger partial charge is 0.321 e. The largest absolute Gasteiger partial charge is 0.494 e. The predicted octanol–water partition coefficient (Wildman–Crippen LogP) is 1.24. The van der Waals surface area contributed by atoms with Gasteiger partial charge in [-0.1, -0.05) is 0 Å². The third-order valence-corrected chi connectivity index (χ3v) is 3.87. The highest BCUT2D eigenvalue weighted by atomic mass is 32.2. The van der Waals surface area contributed by atoms with Gasteiger partial charge in [-0.15, -0.1) is 0 Å². The number of nitrogens with one attached hydrogen (secondary N) is 1. The van der Waals surface area contributed by atoms with E-state index < -0.39 is 16.0 Å². The van der Waals surface area contributed by atoms with E-state index in [-0.39, 0.29) is 18.0 Å². The lowest BCUT2D eigenvalue weighted by Crippen LogP contribution is -2.30. The number of benzene rings is 1. The molecule has 0 radical (unpaired) electrons. The molecule has 0 saturated carbocycles. The van der Waals surface area contributed by atoms with Crippen molar-refractivity contribution in [1.29, 1.82) is 0 Å². The van der Waals surface area contributed by atoms with Crippen molar-refractivity contribution in [2.45, 2.75) is 25.7 Å². The summed E-state index contributed by atoms with van der Waals surface area (Å²) in [5.41, 5.74) is 0.714. The number of sulfonamides is 1. The van der Waals surface area contributed by atoms with Crippen LogP contribution in [0.2, 0.25) is 0 Å². The zero-order chi connectivity index (χ0) is 15.2. The predicted molar refractivity (Wildman–Crippen MR) is 74.2 cm³/mol. The Morgan fingerprint density at radius 1 is 1.25 bits per heavy atom. The summed E-state index contributed by atoms with van der Waals surface area (Å²) < 4.78 is 36.2. The first kappa shape index (κ1) is 16.5. The van der Waals surface area contributed by atoms with Crippen LogP contribution in [0.1, 0.15) is 19.4 Å². The number of hydrogen-bond acceptors (Lipinski definition) is 5. The Balaban J connectivity index is 2.82. The van der Waals surface area contributed by atoms with Crippen molar-refractivity contribution in [3.8, 4) is 5.75 Å². The number of carbonyl (C=O) groups excluding carboxylic acids is 1. The number of carbonyl (C=O) groups is 1. The van der Waals surface area contributed by atoms with Gasteiger partial charge in [0.2, 0.25) is 10.0 Å². The van der Waals surface area contributed by atoms with Gasteiger partial charge < -0.3 is 9.47 Å². The highest BCUT2D eigenvalue weighted by Crippen LogP contribution is 2.21. The van der Waals surface area contributed by atoms with Gasteiger partial charge in [0.1, 0.15) is 12.3 Å². The molecule has 0 aliphatic rings. The molecule has 7 heteroatoms. The number of ether oxygens (including phenoxy) is 2. The van der Waals surface area contributed by atoms with Crippen molar-refractivity contribution in [2.24, 2.45) is 0 Å². The number of hydrogen-bond donors (Lipinski definition) is 1. The van der Waals surface area contributed by atoms with E-state index in [4.69, 9.17) is 4.74 Å². The quantitative estimate of drug-likeness (QED) is 0.766. The molecule has 1 aromatic carbocycles. The maximum atomic E-state index is 12.0. The lowest BCUT2D eigenvalue weighted by Gasteiger charge is -2.10. The molecule has 0 aliphatic carbocycles. The number of aryl methyl sites for hydroxylation is 1. The maximum Gasteiger partial charge on any atom is 0.321 e. The molecule has 0 bridgehead atoms. The van der Waals surface area contributed by atoms with Crippen molar-refractivity contribution in [2.75, 3.05) is 19.8 Å². The summed E-state index contributed by atoms with van der Waals surface area (Å²) in [4.78, 5) is 11.2. The van der Waals surface area contributed by atoms with E-state index in [2.05, 4.69) is 9.46 Å². The second-order valence-corrected chi connectivity index (χ2v) is 5.76. The minimum atomic E-state index is -3.73. The Morgan fingerprint density at radius 3 is 2.50 bits per heavy atom. The molecule has 112 valence electrons. The Bertz CT molecular complexity index is 568. The monoisotopic (exact) mass is 301 g/mol. The van der Waals surface area contributed by atoms with Crippen LogP contribution in [0.4, 0.5) is 0 Å². The van der Waals surface area contributed by atoms with E-state index in [0.29, 0.717) is 17.9 Å². The number of esters is 1. The standard InChI is InChI=1S/C13H19NO5S/c1-4-18-12-7-6-11(8-10(12)3)20(16,17)14-9-13(15)19-5-2/h6-8,14H,4-5,9H2,1-3H3. The average molecular weight is 301 g/mol. The molecule has 0 heterocycles. The third-order valence-electron chi connectivity index (χ3n) is 2.47. The minimum Gasteiger partial charge on any atom is -0.494 e. The molecule has 0 fully saturated rings. The molecule has 6 nitrogen and oxygen atoms in total. The van der Waals surface area contributed by atoms with Crippen LogP contribution in [-0.4, -0.2) is 34.1 Å². The first-order valence-electron chi connectivity index (χ1n) is 6.29. The zero-order valence-corrected chi connectivity index (χ0v) is 12.6. The van der Waals surface area contributed by atoms with Gasteiger partial charge in [0.05, 0.1) is 18.1 Å². The molecule has 0 aliphatic heterocycles. The SMILES string of the molecule is CCOC(=O)CNS(=O)(=O)c1ccc(OCC)c(C)c1. The fraction of sp³-hybridized carbons (Fsp3) is 0.462. The van der Waals surface area contributed by atoms with Gasteiger partial charge in [0, 0.05) is 0 Å². The van der Waals surface area contributed by atoms with Crippen molar-refractivity contribution in [1.82, 2.24) is 4.72 Å². The van der Waals surface area contributed by atoms with Crippen LogP contribution in [0.5, 0.6) is 5.75 Å². The van der Waals surface area contributed by atoms with E-state index in [0.717, 1.165) is 0 Å². The fourth-order valence-electron chi connectivity index (χ4n) is 1.56. The van der Waals surface area contributed by atoms with Gasteiger partial charge in [-0.25, -0.2) is 8.42 Å². The topological polar surface area (TPSA) is 81.7 Å². The molecule has 1 N–H and O–H groups in total. The van der Waals surface area contributed by atoms with Crippen LogP contribution in [0.15, 0.2) is 23.1 Å². The van der Waals surface area contributed by atoms with Crippen LogP contribution >= 0.6 is 0 Å². The highest BCUT2D eigenvalue weighted by Gasteiger charge is 2.17. The molecular weight excluding hydrogens is 282 g/mol. The zero-order valence-electron chi connectivity index (χ0n) is 11.8. The summed E-state index contributed by atoms with van der Waals surface area (Å²) in [5.74, 6) is 0.0237. The van der Waals surface area contributed by atoms with Gasteiger partial charge in [-0.3, -0.25) is 4.79 Å². The average Bonchev–Trinajstić information content (AvgIpc) is 2.39. The molecule has 0 aromatic heterocycles. The Labute approximate surface area is 119 Å². The second-order valence-electron chi connectivity index (χ2n) is 3.99. The Kier molecular flexibility index (Phi) is 5.97. The summed E-state index contributed by atoms with van der Waals surface area (Å²) >= 11 is 0. The fourth-order valence-corrected chi connectivity index (χ4v) is 2.61. The molecule has 0 unspecified atom stereocenters. The molecular formula is C13H19NO5S. The first-order chi connectivity index (χ1) is 9.40. The van der Waals surface area contributed by atoms with Crippen molar-refractivity contribution in [3.05, 3.63) is 23.8 Å². The van der Waals surface area contributed by atoms with Gasteiger partial charge in [-0.05, 0) is 44.5 Å². The summed E-state index contributed by atoms with van der Waals surface area (Å²) in [6, 6.07) is 4.53. The maximum absolute atomic E-state index is 12.0. The lowest BCUT2D eigenvalue weighted by molar-refractivity contribution is -0.141. The van der Waals surface area contributed by atoms with Crippen molar-refractivity contribution < 1.29 is 22.7 Å². The van der Waals surface area contributed by atoms with E-state index >= 15 is 0 Å². The highest BCUT2D eigenvalue weighted by molar-refractivity contribution is 7.89. The third kappa shape index (κ3) is 4.50. The minimum absolute atomic E-state index is 0.0859. The van der Waals surface area contributed by atoms with Gasteiger partial charge in [-0.2, -0.15) is 4.72 Å². The van der Waals surface area contributed by atoms with Gasteiger partial charge in [0.15, 0.2) is 0 Å². The summed E-state index contributed by atoms with van der Waals surface area (Å²) in [7, 11) is -3.73. The molecule has 1 rings (SSSR count). The summed E-state index contributed by atoms with van der Waals surface area (Å²) in [6.45, 7) is 5.60.